The van der Waals surface area contributed by atoms with Gasteiger partial charge in [0.05, 0.1) is 0 Å². The van der Waals surface area contributed by atoms with Crippen LogP contribution in [0.25, 0.3) is 0 Å². The molecule has 3 rings (SSSR count). The van der Waals surface area contributed by atoms with E-state index in [2.05, 4.69) is 67.6 Å². The molecule has 1 heterocycles. The predicted octanol–water partition coefficient (Wildman–Crippen LogP) is 3.98. The largest absolute Gasteiger partial charge is 0.355 e. The Morgan fingerprint density at radius 1 is 1.36 bits per heavy atom. The predicted molar refractivity (Wildman–Crippen MR) is 111 cm³/mol. The van der Waals surface area contributed by atoms with Crippen LogP contribution < -0.4 is 10.6 Å². The molecule has 0 bridgehead atoms. The van der Waals surface area contributed by atoms with Crippen LogP contribution in [0.3, 0.4) is 0 Å². The van der Waals surface area contributed by atoms with E-state index in [4.69, 9.17) is 0 Å². The van der Waals surface area contributed by atoms with E-state index in [1.54, 1.807) is 0 Å². The van der Waals surface area contributed by atoms with Gasteiger partial charge in [-0.25, -0.2) is 0 Å². The average Bonchev–Trinajstić information content (AvgIpc) is 3.06. The topological polar surface area (TPSA) is 36.4 Å². The van der Waals surface area contributed by atoms with E-state index >= 15 is 0 Å². The molecule has 1 aromatic carbocycles. The summed E-state index contributed by atoms with van der Waals surface area (Å²) in [4.78, 5) is 4.35. The lowest BCUT2D eigenvalue weighted by atomic mass is 10.1. The lowest BCUT2D eigenvalue weighted by Crippen LogP contribution is -2.41. The minimum absolute atomic E-state index is 0. The van der Waals surface area contributed by atoms with Crippen LogP contribution in [-0.2, 0) is 0 Å². The van der Waals surface area contributed by atoms with Gasteiger partial charge in [-0.2, -0.15) is 11.8 Å². The van der Waals surface area contributed by atoms with E-state index in [1.807, 2.05) is 7.05 Å². The zero-order valence-corrected chi connectivity index (χ0v) is 17.5. The molecule has 2 N–H and O–H groups in total. The Morgan fingerprint density at radius 3 is 2.77 bits per heavy atom. The monoisotopic (exact) mass is 495 g/mol. The number of thioether (sulfide) groups is 1. The summed E-state index contributed by atoms with van der Waals surface area (Å²) in [6, 6.07) is 9.18. The van der Waals surface area contributed by atoms with Crippen LogP contribution in [0.4, 0.5) is 0 Å². The first-order chi connectivity index (χ1) is 10.3. The molecule has 0 aromatic heterocycles. The summed E-state index contributed by atoms with van der Waals surface area (Å²) in [6.07, 6.45) is 3.89. The Morgan fingerprint density at radius 2 is 2.14 bits per heavy atom. The average molecular weight is 496 g/mol. The van der Waals surface area contributed by atoms with Crippen LogP contribution in [0, 0.1) is 0 Å². The van der Waals surface area contributed by atoms with Crippen molar-refractivity contribution < 1.29 is 0 Å². The van der Waals surface area contributed by atoms with Crippen molar-refractivity contribution in [1.29, 1.82) is 0 Å². The number of hydrogen-bond acceptors (Lipinski definition) is 2. The van der Waals surface area contributed by atoms with Gasteiger partial charge in [-0.1, -0.05) is 28.1 Å². The number of halogens is 2. The van der Waals surface area contributed by atoms with E-state index in [9.17, 15) is 0 Å². The van der Waals surface area contributed by atoms with Gasteiger partial charge in [-0.05, 0) is 42.7 Å². The molecule has 3 unspecified atom stereocenters. The third-order valence-electron chi connectivity index (χ3n) is 4.16. The molecule has 1 saturated heterocycles. The molecule has 0 amide bonds. The first kappa shape index (κ1) is 18.4. The zero-order chi connectivity index (χ0) is 14.7. The summed E-state index contributed by atoms with van der Waals surface area (Å²) in [5.41, 5.74) is 1.41. The van der Waals surface area contributed by atoms with Crippen molar-refractivity contribution in [3.05, 3.63) is 34.3 Å². The molecular formula is C16H23BrIN3S. The minimum Gasteiger partial charge on any atom is -0.355 e. The zero-order valence-electron chi connectivity index (χ0n) is 12.7. The first-order valence-electron chi connectivity index (χ1n) is 7.60. The highest BCUT2D eigenvalue weighted by Gasteiger charge is 2.38. The minimum atomic E-state index is 0. The van der Waals surface area contributed by atoms with Crippen molar-refractivity contribution in [1.82, 2.24) is 10.6 Å². The third-order valence-corrected chi connectivity index (χ3v) is 6.08. The van der Waals surface area contributed by atoms with E-state index in [0.29, 0.717) is 12.0 Å². The maximum Gasteiger partial charge on any atom is 0.191 e. The molecule has 1 aromatic rings. The molecule has 1 aliphatic heterocycles. The smallest absolute Gasteiger partial charge is 0.191 e. The fraction of sp³-hybridized carbons (Fsp3) is 0.562. The second-order valence-electron chi connectivity index (χ2n) is 5.73. The summed E-state index contributed by atoms with van der Waals surface area (Å²) >= 11 is 5.57. The number of aliphatic imine (C=N–C) groups is 1. The Hall–Kier alpha value is 0.0500. The van der Waals surface area contributed by atoms with E-state index < -0.39 is 0 Å². The van der Waals surface area contributed by atoms with Gasteiger partial charge in [0.2, 0.25) is 0 Å². The van der Waals surface area contributed by atoms with Gasteiger partial charge in [0, 0.05) is 35.3 Å². The first-order valence-corrected chi connectivity index (χ1v) is 9.44. The molecule has 122 valence electrons. The van der Waals surface area contributed by atoms with Crippen LogP contribution in [0.2, 0.25) is 0 Å². The lowest BCUT2D eigenvalue weighted by Gasteiger charge is -2.14. The third kappa shape index (κ3) is 5.03. The second-order valence-corrected chi connectivity index (χ2v) is 8.06. The number of nitrogens with zero attached hydrogens (tertiary/aromatic N) is 1. The van der Waals surface area contributed by atoms with E-state index in [1.165, 1.54) is 30.6 Å². The van der Waals surface area contributed by atoms with Crippen molar-refractivity contribution in [3.63, 3.8) is 0 Å². The van der Waals surface area contributed by atoms with Crippen molar-refractivity contribution in [3.8, 4) is 0 Å². The summed E-state index contributed by atoms with van der Waals surface area (Å²) in [7, 11) is 1.86. The Kier molecular flexibility index (Phi) is 7.34. The highest BCUT2D eigenvalue weighted by atomic mass is 127. The number of rotatable bonds is 4. The van der Waals surface area contributed by atoms with Crippen LogP contribution in [0.5, 0.6) is 0 Å². The van der Waals surface area contributed by atoms with Gasteiger partial charge < -0.3 is 10.6 Å². The summed E-state index contributed by atoms with van der Waals surface area (Å²) in [6.45, 7) is 1.03. The SMILES string of the molecule is CN=C(NCC1CCCS1)NC1CC1c1ccc(Br)cc1.I. The van der Waals surface area contributed by atoms with Crippen molar-refractivity contribution in [2.75, 3.05) is 19.3 Å². The van der Waals surface area contributed by atoms with E-state index in [-0.39, 0.29) is 24.0 Å². The van der Waals surface area contributed by atoms with E-state index in [0.717, 1.165) is 22.2 Å². The van der Waals surface area contributed by atoms with Crippen molar-refractivity contribution >= 4 is 57.6 Å². The normalized spacial score (nSPS) is 27.2. The molecule has 6 heteroatoms. The van der Waals surface area contributed by atoms with Gasteiger partial charge in [0.25, 0.3) is 0 Å². The maximum absolute atomic E-state index is 4.35. The number of hydrogen-bond donors (Lipinski definition) is 2. The molecule has 3 nitrogen and oxygen atoms in total. The molecule has 3 atom stereocenters. The molecule has 0 spiro atoms. The highest BCUT2D eigenvalue weighted by molar-refractivity contribution is 14.0. The number of guanidine groups is 1. The number of nitrogens with one attached hydrogen (secondary N) is 2. The molecule has 2 fully saturated rings. The number of benzene rings is 1. The summed E-state index contributed by atoms with van der Waals surface area (Å²) in [5.74, 6) is 2.89. The fourth-order valence-electron chi connectivity index (χ4n) is 2.82. The summed E-state index contributed by atoms with van der Waals surface area (Å²) in [5, 5.41) is 7.77. The van der Waals surface area contributed by atoms with Gasteiger partial charge in [0.1, 0.15) is 0 Å². The highest BCUT2D eigenvalue weighted by Crippen LogP contribution is 2.41. The van der Waals surface area contributed by atoms with Crippen LogP contribution in [-0.4, -0.2) is 36.6 Å². The standard InChI is InChI=1S/C16H22BrN3S.HI/c1-18-16(19-10-13-3-2-8-21-13)20-15-9-14(15)11-4-6-12(17)7-5-11;/h4-7,13-15H,2-3,8-10H2,1H3,(H2,18,19,20);1H. The van der Waals surface area contributed by atoms with Gasteiger partial charge in [-0.3, -0.25) is 4.99 Å². The van der Waals surface area contributed by atoms with Crippen LogP contribution >= 0.6 is 51.7 Å². The van der Waals surface area contributed by atoms with Crippen LogP contribution in [0.15, 0.2) is 33.7 Å². The van der Waals surface area contributed by atoms with Crippen molar-refractivity contribution in [2.45, 2.75) is 36.5 Å². The lowest BCUT2D eigenvalue weighted by molar-refractivity contribution is 0.722. The van der Waals surface area contributed by atoms with Crippen molar-refractivity contribution in [2.24, 2.45) is 4.99 Å². The molecular weight excluding hydrogens is 473 g/mol. The summed E-state index contributed by atoms with van der Waals surface area (Å²) < 4.78 is 1.14. The Bertz CT molecular complexity index is 503. The quantitative estimate of drug-likeness (QED) is 0.376. The molecule has 2 aliphatic rings. The van der Waals surface area contributed by atoms with Gasteiger partial charge in [0.15, 0.2) is 5.96 Å². The molecule has 22 heavy (non-hydrogen) atoms. The van der Waals surface area contributed by atoms with Gasteiger partial charge in [-0.15, -0.1) is 24.0 Å². The molecule has 0 radical (unpaired) electrons. The maximum atomic E-state index is 4.35. The fourth-order valence-corrected chi connectivity index (χ4v) is 4.28. The van der Waals surface area contributed by atoms with Crippen LogP contribution in [0.1, 0.15) is 30.7 Å². The molecule has 1 aliphatic carbocycles. The second kappa shape index (κ2) is 8.78. The van der Waals surface area contributed by atoms with Gasteiger partial charge >= 0.3 is 0 Å². The Balaban J connectivity index is 0.00000176. The molecule has 1 saturated carbocycles. The Labute approximate surface area is 162 Å².